The van der Waals surface area contributed by atoms with Gasteiger partial charge in [0.2, 0.25) is 5.91 Å². The van der Waals surface area contributed by atoms with Gasteiger partial charge in [-0.2, -0.15) is 0 Å². The summed E-state index contributed by atoms with van der Waals surface area (Å²) < 4.78 is 0. The van der Waals surface area contributed by atoms with Crippen LogP contribution in [0.25, 0.3) is 0 Å². The highest BCUT2D eigenvalue weighted by Crippen LogP contribution is 2.26. The molecule has 1 aliphatic heterocycles. The van der Waals surface area contributed by atoms with E-state index in [-0.39, 0.29) is 29.8 Å². The van der Waals surface area contributed by atoms with E-state index in [4.69, 9.17) is 5.11 Å². The molecular weight excluding hydrogens is 228 g/mol. The van der Waals surface area contributed by atoms with Crippen LogP contribution >= 0.6 is 12.4 Å². The lowest BCUT2D eigenvalue weighted by molar-refractivity contribution is -0.139. The van der Waals surface area contributed by atoms with E-state index in [0.717, 1.165) is 19.5 Å². The Morgan fingerprint density at radius 1 is 1.62 bits per heavy atom. The summed E-state index contributed by atoms with van der Waals surface area (Å²) in [5.74, 6) is 0.188. The van der Waals surface area contributed by atoms with Gasteiger partial charge in [0.25, 0.3) is 0 Å². The van der Waals surface area contributed by atoms with E-state index in [0.29, 0.717) is 13.0 Å². The fourth-order valence-electron chi connectivity index (χ4n) is 1.94. The van der Waals surface area contributed by atoms with E-state index in [9.17, 15) is 4.79 Å². The molecular formula is C11H23ClN2O2. The van der Waals surface area contributed by atoms with Crippen LogP contribution in [0.2, 0.25) is 0 Å². The number of halogens is 1. The largest absolute Gasteiger partial charge is 0.393 e. The molecule has 4 nitrogen and oxygen atoms in total. The fraction of sp³-hybridized carbons (Fsp3) is 0.909. The SMILES string of the molecule is CC(O)CCN(C)C(=O)C1(C)CCNC1.Cl. The number of amides is 1. The van der Waals surface area contributed by atoms with Gasteiger partial charge in [0.1, 0.15) is 0 Å². The number of nitrogens with zero attached hydrogens (tertiary/aromatic N) is 1. The molecule has 1 rings (SSSR count). The molecule has 2 atom stereocenters. The summed E-state index contributed by atoms with van der Waals surface area (Å²) in [6.45, 7) is 6.08. The summed E-state index contributed by atoms with van der Waals surface area (Å²) in [7, 11) is 1.81. The molecule has 0 radical (unpaired) electrons. The molecule has 2 unspecified atom stereocenters. The third kappa shape index (κ3) is 3.92. The molecule has 1 fully saturated rings. The second kappa shape index (κ2) is 6.42. The van der Waals surface area contributed by atoms with Crippen molar-refractivity contribution < 1.29 is 9.90 Å². The molecule has 16 heavy (non-hydrogen) atoms. The summed E-state index contributed by atoms with van der Waals surface area (Å²) in [6, 6.07) is 0. The fourth-order valence-corrected chi connectivity index (χ4v) is 1.94. The van der Waals surface area contributed by atoms with Crippen molar-refractivity contribution in [2.24, 2.45) is 5.41 Å². The van der Waals surface area contributed by atoms with Crippen LogP contribution in [0.4, 0.5) is 0 Å². The Kier molecular flexibility index (Phi) is 6.30. The maximum Gasteiger partial charge on any atom is 0.229 e. The lowest BCUT2D eigenvalue weighted by atomic mass is 9.88. The number of carbonyl (C=O) groups is 1. The van der Waals surface area contributed by atoms with Gasteiger partial charge in [0.15, 0.2) is 0 Å². The lowest BCUT2D eigenvalue weighted by Crippen LogP contribution is -2.42. The zero-order chi connectivity index (χ0) is 11.5. The van der Waals surface area contributed by atoms with Crippen LogP contribution in [-0.2, 0) is 4.79 Å². The van der Waals surface area contributed by atoms with Gasteiger partial charge in [-0.25, -0.2) is 0 Å². The average Bonchev–Trinajstić information content (AvgIpc) is 2.61. The van der Waals surface area contributed by atoms with Crippen LogP contribution in [0.3, 0.4) is 0 Å². The van der Waals surface area contributed by atoms with Gasteiger partial charge < -0.3 is 15.3 Å². The third-order valence-electron chi connectivity index (χ3n) is 3.11. The van der Waals surface area contributed by atoms with Gasteiger partial charge in [-0.05, 0) is 33.2 Å². The van der Waals surface area contributed by atoms with Crippen molar-refractivity contribution in [3.63, 3.8) is 0 Å². The van der Waals surface area contributed by atoms with Gasteiger partial charge in [-0.15, -0.1) is 12.4 Å². The molecule has 1 aliphatic rings. The molecule has 0 spiro atoms. The highest BCUT2D eigenvalue weighted by Gasteiger charge is 2.37. The molecule has 0 aliphatic carbocycles. The number of carbonyl (C=O) groups excluding carboxylic acids is 1. The van der Waals surface area contributed by atoms with Crippen LogP contribution in [0.1, 0.15) is 26.7 Å². The zero-order valence-corrected chi connectivity index (χ0v) is 11.1. The van der Waals surface area contributed by atoms with E-state index in [1.54, 1.807) is 11.8 Å². The Hall–Kier alpha value is -0.320. The van der Waals surface area contributed by atoms with Crippen LogP contribution in [-0.4, -0.2) is 48.7 Å². The molecule has 0 aromatic carbocycles. The molecule has 0 aromatic rings. The van der Waals surface area contributed by atoms with Crippen molar-refractivity contribution in [1.82, 2.24) is 10.2 Å². The first-order valence-corrected chi connectivity index (χ1v) is 5.60. The second-order valence-electron chi connectivity index (χ2n) is 4.85. The lowest BCUT2D eigenvalue weighted by Gasteiger charge is -2.28. The number of hydrogen-bond donors (Lipinski definition) is 2. The predicted octanol–water partition coefficient (Wildman–Crippen LogP) is 0.637. The monoisotopic (exact) mass is 250 g/mol. The minimum Gasteiger partial charge on any atom is -0.393 e. The average molecular weight is 251 g/mol. The van der Waals surface area contributed by atoms with Gasteiger partial charge in [0, 0.05) is 20.1 Å². The highest BCUT2D eigenvalue weighted by molar-refractivity contribution is 5.85. The first-order valence-electron chi connectivity index (χ1n) is 5.60. The number of hydrogen-bond acceptors (Lipinski definition) is 3. The standard InChI is InChI=1S/C11H22N2O2.ClH/c1-9(14)4-7-13(3)10(15)11(2)5-6-12-8-11;/h9,12,14H,4-8H2,1-3H3;1H. The summed E-state index contributed by atoms with van der Waals surface area (Å²) >= 11 is 0. The number of aliphatic hydroxyl groups excluding tert-OH is 1. The van der Waals surface area contributed by atoms with E-state index < -0.39 is 0 Å². The van der Waals surface area contributed by atoms with E-state index in [1.807, 2.05) is 14.0 Å². The number of rotatable bonds is 4. The molecule has 1 saturated heterocycles. The number of nitrogens with one attached hydrogen (secondary N) is 1. The molecule has 0 saturated carbocycles. The van der Waals surface area contributed by atoms with Crippen LogP contribution in [0.5, 0.6) is 0 Å². The normalized spacial score (nSPS) is 26.0. The smallest absolute Gasteiger partial charge is 0.229 e. The molecule has 1 heterocycles. The number of aliphatic hydroxyl groups is 1. The van der Waals surface area contributed by atoms with Crippen molar-refractivity contribution >= 4 is 18.3 Å². The van der Waals surface area contributed by atoms with Crippen LogP contribution in [0, 0.1) is 5.41 Å². The van der Waals surface area contributed by atoms with Crippen molar-refractivity contribution in [1.29, 1.82) is 0 Å². The molecule has 0 bridgehead atoms. The van der Waals surface area contributed by atoms with Crippen LogP contribution < -0.4 is 5.32 Å². The molecule has 96 valence electrons. The molecule has 2 N–H and O–H groups in total. The Labute approximate surface area is 104 Å². The summed E-state index contributed by atoms with van der Waals surface area (Å²) in [5, 5.41) is 12.4. The minimum absolute atomic E-state index is 0. The first-order chi connectivity index (χ1) is 6.96. The Bertz CT molecular complexity index is 228. The zero-order valence-electron chi connectivity index (χ0n) is 10.3. The third-order valence-corrected chi connectivity index (χ3v) is 3.11. The van der Waals surface area contributed by atoms with Gasteiger partial charge in [-0.3, -0.25) is 4.79 Å². The van der Waals surface area contributed by atoms with Crippen LogP contribution in [0.15, 0.2) is 0 Å². The van der Waals surface area contributed by atoms with Crippen molar-refractivity contribution in [2.75, 3.05) is 26.7 Å². The van der Waals surface area contributed by atoms with Crippen molar-refractivity contribution in [3.05, 3.63) is 0 Å². The Morgan fingerprint density at radius 3 is 2.69 bits per heavy atom. The maximum absolute atomic E-state index is 12.1. The molecule has 0 aromatic heterocycles. The van der Waals surface area contributed by atoms with Gasteiger partial charge in [-0.1, -0.05) is 0 Å². The quantitative estimate of drug-likeness (QED) is 0.770. The highest BCUT2D eigenvalue weighted by atomic mass is 35.5. The topological polar surface area (TPSA) is 52.6 Å². The van der Waals surface area contributed by atoms with Gasteiger partial charge in [0.05, 0.1) is 11.5 Å². The first kappa shape index (κ1) is 15.7. The summed E-state index contributed by atoms with van der Waals surface area (Å²) in [6.07, 6.45) is 1.21. The van der Waals surface area contributed by atoms with E-state index in [2.05, 4.69) is 5.32 Å². The predicted molar refractivity (Wildman–Crippen MR) is 66.8 cm³/mol. The van der Waals surface area contributed by atoms with E-state index >= 15 is 0 Å². The molecule has 1 amide bonds. The maximum atomic E-state index is 12.1. The molecule has 5 heteroatoms. The summed E-state index contributed by atoms with van der Waals surface area (Å²) in [4.78, 5) is 13.8. The minimum atomic E-state index is -0.338. The van der Waals surface area contributed by atoms with Crippen molar-refractivity contribution in [3.8, 4) is 0 Å². The Morgan fingerprint density at radius 2 is 2.25 bits per heavy atom. The van der Waals surface area contributed by atoms with Crippen molar-refractivity contribution in [2.45, 2.75) is 32.8 Å². The summed E-state index contributed by atoms with van der Waals surface area (Å²) in [5.41, 5.74) is -0.243. The second-order valence-corrected chi connectivity index (χ2v) is 4.85. The Balaban J connectivity index is 0.00000225. The van der Waals surface area contributed by atoms with Gasteiger partial charge >= 0.3 is 0 Å². The van der Waals surface area contributed by atoms with E-state index in [1.165, 1.54) is 0 Å².